The molecule has 1 aromatic rings. The number of hydrogen-bond donors (Lipinski definition) is 0. The fourth-order valence-electron chi connectivity index (χ4n) is 2.01. The zero-order valence-electron chi connectivity index (χ0n) is 13.4. The summed E-state index contributed by atoms with van der Waals surface area (Å²) in [6.45, 7) is 3.77. The lowest BCUT2D eigenvalue weighted by molar-refractivity contribution is -0.161. The van der Waals surface area contributed by atoms with Gasteiger partial charge in [-0.2, -0.15) is 0 Å². The highest BCUT2D eigenvalue weighted by Crippen LogP contribution is 2.27. The van der Waals surface area contributed by atoms with Crippen LogP contribution in [0.5, 0.6) is 11.5 Å². The largest absolute Gasteiger partial charge is 0.497 e. The van der Waals surface area contributed by atoms with Gasteiger partial charge in [-0.25, -0.2) is 0 Å². The number of benzene rings is 1. The third-order valence-corrected chi connectivity index (χ3v) is 3.05. The Kier molecular flexibility index (Phi) is 7.22. The Morgan fingerprint density at radius 1 is 1.00 bits per heavy atom. The predicted octanol–water partition coefficient (Wildman–Crippen LogP) is 1.99. The fraction of sp³-hybridized carbons (Fsp3) is 0.500. The lowest BCUT2D eigenvalue weighted by atomic mass is 9.98. The van der Waals surface area contributed by atoms with Crippen LogP contribution >= 0.6 is 0 Å². The summed E-state index contributed by atoms with van der Waals surface area (Å²) >= 11 is 0. The maximum Gasteiger partial charge on any atom is 0.320 e. The van der Waals surface area contributed by atoms with Gasteiger partial charge in [-0.05, 0) is 37.6 Å². The smallest absolute Gasteiger partial charge is 0.320 e. The fourth-order valence-corrected chi connectivity index (χ4v) is 2.01. The highest BCUT2D eigenvalue weighted by Gasteiger charge is 2.30. The molecule has 0 aromatic heterocycles. The van der Waals surface area contributed by atoms with Crippen molar-refractivity contribution >= 4 is 11.9 Å². The van der Waals surface area contributed by atoms with E-state index < -0.39 is 17.9 Å². The van der Waals surface area contributed by atoms with Crippen LogP contribution in [0, 0.1) is 5.92 Å². The molecule has 0 fully saturated rings. The molecule has 0 heterocycles. The number of rotatable bonds is 8. The van der Waals surface area contributed by atoms with E-state index >= 15 is 0 Å². The Hall–Kier alpha value is -2.24. The molecule has 0 N–H and O–H groups in total. The van der Waals surface area contributed by atoms with Gasteiger partial charge in [0.2, 0.25) is 0 Å². The van der Waals surface area contributed by atoms with Crippen molar-refractivity contribution in [2.45, 2.75) is 20.3 Å². The summed E-state index contributed by atoms with van der Waals surface area (Å²) < 4.78 is 20.4. The van der Waals surface area contributed by atoms with Crippen molar-refractivity contribution in [3.05, 3.63) is 23.8 Å². The average molecular weight is 310 g/mol. The third kappa shape index (κ3) is 4.65. The van der Waals surface area contributed by atoms with E-state index in [2.05, 4.69) is 0 Å². The summed E-state index contributed by atoms with van der Waals surface area (Å²) in [4.78, 5) is 24.0. The lowest BCUT2D eigenvalue weighted by Crippen LogP contribution is -2.30. The lowest BCUT2D eigenvalue weighted by Gasteiger charge is -2.16. The highest BCUT2D eigenvalue weighted by atomic mass is 16.6. The molecule has 22 heavy (non-hydrogen) atoms. The molecule has 1 aromatic carbocycles. The molecular weight excluding hydrogens is 288 g/mol. The number of carbonyl (C=O) groups is 2. The normalized spacial score (nSPS) is 10.2. The van der Waals surface area contributed by atoms with Crippen LogP contribution < -0.4 is 9.47 Å². The van der Waals surface area contributed by atoms with Crippen LogP contribution in [0.3, 0.4) is 0 Å². The maximum absolute atomic E-state index is 12.0. The van der Waals surface area contributed by atoms with Gasteiger partial charge in [0, 0.05) is 6.42 Å². The number of methoxy groups -OCH3 is 2. The molecule has 0 amide bonds. The van der Waals surface area contributed by atoms with E-state index in [1.165, 1.54) is 7.11 Å². The first-order valence-electron chi connectivity index (χ1n) is 7.11. The second-order valence-corrected chi connectivity index (χ2v) is 4.44. The van der Waals surface area contributed by atoms with Gasteiger partial charge in [-0.3, -0.25) is 9.59 Å². The van der Waals surface area contributed by atoms with Crippen molar-refractivity contribution in [2.75, 3.05) is 27.4 Å². The van der Waals surface area contributed by atoms with Crippen LogP contribution in [0.4, 0.5) is 0 Å². The van der Waals surface area contributed by atoms with Gasteiger partial charge in [-0.1, -0.05) is 0 Å². The van der Waals surface area contributed by atoms with Gasteiger partial charge in [0.15, 0.2) is 5.92 Å². The van der Waals surface area contributed by atoms with Gasteiger partial charge in [0.25, 0.3) is 0 Å². The molecule has 0 saturated carbocycles. The Labute approximate surface area is 130 Å². The van der Waals surface area contributed by atoms with Crippen LogP contribution in [0.15, 0.2) is 18.2 Å². The SMILES string of the molecule is CCOC(=O)C(Cc1cc(OC)ccc1OC)C(=O)OCC. The van der Waals surface area contributed by atoms with Crippen molar-refractivity contribution in [2.24, 2.45) is 5.92 Å². The van der Waals surface area contributed by atoms with E-state index in [9.17, 15) is 9.59 Å². The van der Waals surface area contributed by atoms with E-state index in [-0.39, 0.29) is 19.6 Å². The maximum atomic E-state index is 12.0. The number of carbonyl (C=O) groups excluding carboxylic acids is 2. The molecular formula is C16H22O6. The topological polar surface area (TPSA) is 71.1 Å². The highest BCUT2D eigenvalue weighted by molar-refractivity contribution is 5.95. The molecule has 0 saturated heterocycles. The van der Waals surface area contributed by atoms with E-state index in [0.717, 1.165) is 0 Å². The first-order valence-corrected chi connectivity index (χ1v) is 7.11. The van der Waals surface area contributed by atoms with E-state index in [0.29, 0.717) is 17.1 Å². The van der Waals surface area contributed by atoms with Crippen LogP contribution in [0.1, 0.15) is 19.4 Å². The number of ether oxygens (including phenoxy) is 4. The summed E-state index contributed by atoms with van der Waals surface area (Å²) in [5, 5.41) is 0. The van der Waals surface area contributed by atoms with Crippen LogP contribution in [0.2, 0.25) is 0 Å². The molecule has 0 unspecified atom stereocenters. The van der Waals surface area contributed by atoms with Gasteiger partial charge in [0.1, 0.15) is 11.5 Å². The molecule has 0 aliphatic heterocycles. The zero-order chi connectivity index (χ0) is 16.5. The molecule has 122 valence electrons. The summed E-state index contributed by atoms with van der Waals surface area (Å²) in [7, 11) is 3.06. The van der Waals surface area contributed by atoms with Crippen LogP contribution in [0.25, 0.3) is 0 Å². The monoisotopic (exact) mass is 310 g/mol. The molecule has 6 heteroatoms. The van der Waals surface area contributed by atoms with Crippen molar-refractivity contribution in [3.63, 3.8) is 0 Å². The minimum absolute atomic E-state index is 0.123. The molecule has 0 aliphatic carbocycles. The second kappa shape index (κ2) is 8.92. The van der Waals surface area contributed by atoms with E-state index in [1.54, 1.807) is 39.2 Å². The molecule has 0 aliphatic rings. The molecule has 0 spiro atoms. The summed E-state index contributed by atoms with van der Waals surface area (Å²) in [5.41, 5.74) is 0.674. The summed E-state index contributed by atoms with van der Waals surface area (Å²) in [6, 6.07) is 5.19. The Morgan fingerprint density at radius 2 is 1.59 bits per heavy atom. The quantitative estimate of drug-likeness (QED) is 0.540. The Bertz CT molecular complexity index is 493. The summed E-state index contributed by atoms with van der Waals surface area (Å²) in [5.74, 6) is -1.06. The number of hydrogen-bond acceptors (Lipinski definition) is 6. The Morgan fingerprint density at radius 3 is 2.05 bits per heavy atom. The standard InChI is InChI=1S/C16H22O6/c1-5-21-15(17)13(16(18)22-6-2)10-11-9-12(19-3)7-8-14(11)20-4/h7-9,13H,5-6,10H2,1-4H3. The van der Waals surface area contributed by atoms with E-state index in [4.69, 9.17) is 18.9 Å². The number of esters is 2. The van der Waals surface area contributed by atoms with Crippen LogP contribution in [-0.2, 0) is 25.5 Å². The van der Waals surface area contributed by atoms with Crippen molar-refractivity contribution in [1.82, 2.24) is 0 Å². The molecule has 0 radical (unpaired) electrons. The first-order chi connectivity index (χ1) is 10.6. The average Bonchev–Trinajstić information content (AvgIpc) is 2.52. The third-order valence-electron chi connectivity index (χ3n) is 3.05. The molecule has 1 rings (SSSR count). The minimum Gasteiger partial charge on any atom is -0.497 e. The molecule has 0 bridgehead atoms. The first kappa shape index (κ1) is 17.8. The van der Waals surface area contributed by atoms with Gasteiger partial charge < -0.3 is 18.9 Å². The minimum atomic E-state index is -1.03. The van der Waals surface area contributed by atoms with Crippen LogP contribution in [-0.4, -0.2) is 39.4 Å². The van der Waals surface area contributed by atoms with Crippen molar-refractivity contribution in [1.29, 1.82) is 0 Å². The van der Waals surface area contributed by atoms with Gasteiger partial charge in [0.05, 0.1) is 27.4 Å². The van der Waals surface area contributed by atoms with E-state index in [1.807, 2.05) is 0 Å². The Balaban J connectivity index is 3.06. The molecule has 6 nitrogen and oxygen atoms in total. The molecule has 0 atom stereocenters. The second-order valence-electron chi connectivity index (χ2n) is 4.44. The zero-order valence-corrected chi connectivity index (χ0v) is 13.4. The van der Waals surface area contributed by atoms with Crippen molar-refractivity contribution in [3.8, 4) is 11.5 Å². The van der Waals surface area contributed by atoms with Crippen molar-refractivity contribution < 1.29 is 28.5 Å². The van der Waals surface area contributed by atoms with Gasteiger partial charge >= 0.3 is 11.9 Å². The summed E-state index contributed by atoms with van der Waals surface area (Å²) in [6.07, 6.45) is 0.123. The van der Waals surface area contributed by atoms with Gasteiger partial charge in [-0.15, -0.1) is 0 Å². The predicted molar refractivity (Wildman–Crippen MR) is 80.0 cm³/mol.